The molecule has 1 saturated carbocycles. The number of nitrogens with zero attached hydrogens (tertiary/aromatic N) is 2. The van der Waals surface area contributed by atoms with Crippen molar-refractivity contribution in [3.05, 3.63) is 22.2 Å². The number of pyridine rings is 1. The van der Waals surface area contributed by atoms with E-state index in [4.69, 9.17) is 9.47 Å². The third kappa shape index (κ3) is 3.11. The van der Waals surface area contributed by atoms with Crippen LogP contribution in [0.3, 0.4) is 0 Å². The zero-order valence-electron chi connectivity index (χ0n) is 11.0. The van der Waals surface area contributed by atoms with Gasteiger partial charge in [-0.3, -0.25) is 10.1 Å². The second-order valence-corrected chi connectivity index (χ2v) is 4.57. The predicted octanol–water partition coefficient (Wildman–Crippen LogP) is 1.38. The normalized spacial score (nSPS) is 21.6. The van der Waals surface area contributed by atoms with Crippen LogP contribution in [0.25, 0.3) is 0 Å². The SMILES string of the molecule is CNCC1CC(Oc2nc(OC)ccc2[N+](=O)[O-])C1. The summed E-state index contributed by atoms with van der Waals surface area (Å²) < 4.78 is 10.6. The Bertz CT molecular complexity index is 460. The number of nitro groups is 1. The molecule has 0 aromatic carbocycles. The van der Waals surface area contributed by atoms with Crippen molar-refractivity contribution in [2.75, 3.05) is 20.7 Å². The molecule has 104 valence electrons. The third-order valence-electron chi connectivity index (χ3n) is 3.18. The zero-order chi connectivity index (χ0) is 13.8. The number of hydrogen-bond donors (Lipinski definition) is 1. The van der Waals surface area contributed by atoms with Crippen LogP contribution < -0.4 is 14.8 Å². The monoisotopic (exact) mass is 267 g/mol. The summed E-state index contributed by atoms with van der Waals surface area (Å²) in [5, 5.41) is 14.0. The van der Waals surface area contributed by atoms with Gasteiger partial charge in [-0.1, -0.05) is 0 Å². The quantitative estimate of drug-likeness (QED) is 0.619. The van der Waals surface area contributed by atoms with Gasteiger partial charge in [-0.2, -0.15) is 4.98 Å². The standard InChI is InChI=1S/C12H17N3O4/c1-13-7-8-5-9(6-8)19-12-10(15(16)17)3-4-11(14-12)18-2/h3-4,8-9,13H,5-7H2,1-2H3. The third-order valence-corrected chi connectivity index (χ3v) is 3.18. The van der Waals surface area contributed by atoms with Crippen molar-refractivity contribution in [1.82, 2.24) is 10.3 Å². The molecule has 0 bridgehead atoms. The van der Waals surface area contributed by atoms with Gasteiger partial charge in [0.05, 0.1) is 12.0 Å². The Morgan fingerprint density at radius 2 is 2.26 bits per heavy atom. The fourth-order valence-corrected chi connectivity index (χ4v) is 2.14. The lowest BCUT2D eigenvalue weighted by atomic mass is 9.82. The smallest absolute Gasteiger partial charge is 0.331 e. The van der Waals surface area contributed by atoms with Crippen molar-refractivity contribution in [1.29, 1.82) is 0 Å². The average Bonchev–Trinajstić information content (AvgIpc) is 2.35. The Morgan fingerprint density at radius 1 is 1.53 bits per heavy atom. The average molecular weight is 267 g/mol. The highest BCUT2D eigenvalue weighted by molar-refractivity contribution is 5.43. The molecule has 1 heterocycles. The number of hydrogen-bond acceptors (Lipinski definition) is 6. The van der Waals surface area contributed by atoms with Gasteiger partial charge in [0.25, 0.3) is 5.88 Å². The second-order valence-electron chi connectivity index (χ2n) is 4.57. The van der Waals surface area contributed by atoms with E-state index in [-0.39, 0.29) is 17.7 Å². The van der Waals surface area contributed by atoms with Gasteiger partial charge >= 0.3 is 5.69 Å². The largest absolute Gasteiger partial charge is 0.481 e. The summed E-state index contributed by atoms with van der Waals surface area (Å²) in [4.78, 5) is 14.4. The highest BCUT2D eigenvalue weighted by atomic mass is 16.6. The Morgan fingerprint density at radius 3 is 2.84 bits per heavy atom. The summed E-state index contributed by atoms with van der Waals surface area (Å²) >= 11 is 0. The van der Waals surface area contributed by atoms with E-state index in [1.807, 2.05) is 7.05 Å². The van der Waals surface area contributed by atoms with E-state index < -0.39 is 4.92 Å². The van der Waals surface area contributed by atoms with Gasteiger partial charge < -0.3 is 14.8 Å². The predicted molar refractivity (Wildman–Crippen MR) is 68.5 cm³/mol. The zero-order valence-corrected chi connectivity index (χ0v) is 11.0. The van der Waals surface area contributed by atoms with Crippen LogP contribution in [-0.4, -0.2) is 36.7 Å². The van der Waals surface area contributed by atoms with Gasteiger partial charge in [0.1, 0.15) is 6.10 Å². The molecule has 0 unspecified atom stereocenters. The van der Waals surface area contributed by atoms with E-state index in [2.05, 4.69) is 10.3 Å². The van der Waals surface area contributed by atoms with Crippen molar-refractivity contribution in [3.8, 4) is 11.8 Å². The van der Waals surface area contributed by atoms with Crippen molar-refractivity contribution in [2.24, 2.45) is 5.92 Å². The minimum Gasteiger partial charge on any atom is -0.481 e. The number of nitrogens with one attached hydrogen (secondary N) is 1. The molecule has 0 aliphatic heterocycles. The maximum atomic E-state index is 10.9. The molecule has 1 aromatic rings. The van der Waals surface area contributed by atoms with Crippen molar-refractivity contribution in [3.63, 3.8) is 0 Å². The van der Waals surface area contributed by atoms with E-state index in [0.29, 0.717) is 11.8 Å². The lowest BCUT2D eigenvalue weighted by molar-refractivity contribution is -0.386. The summed E-state index contributed by atoms with van der Waals surface area (Å²) in [5.74, 6) is 0.920. The van der Waals surface area contributed by atoms with Crippen LogP contribution in [0.5, 0.6) is 11.8 Å². The van der Waals surface area contributed by atoms with Gasteiger partial charge in [-0.25, -0.2) is 0 Å². The molecular formula is C12H17N3O4. The van der Waals surface area contributed by atoms with E-state index in [9.17, 15) is 10.1 Å². The summed E-state index contributed by atoms with van der Waals surface area (Å²) in [6.45, 7) is 0.938. The maximum Gasteiger partial charge on any atom is 0.331 e. The summed E-state index contributed by atoms with van der Waals surface area (Å²) in [5.41, 5.74) is -0.127. The van der Waals surface area contributed by atoms with Crippen LogP contribution in [0.1, 0.15) is 12.8 Å². The van der Waals surface area contributed by atoms with Crippen molar-refractivity contribution < 1.29 is 14.4 Å². The lowest BCUT2D eigenvalue weighted by Crippen LogP contribution is -2.38. The molecular weight excluding hydrogens is 250 g/mol. The van der Waals surface area contributed by atoms with Crippen LogP contribution in [0.2, 0.25) is 0 Å². The molecule has 19 heavy (non-hydrogen) atoms. The van der Waals surface area contributed by atoms with E-state index in [1.54, 1.807) is 0 Å². The number of aromatic nitrogens is 1. The molecule has 0 amide bonds. The molecule has 7 heteroatoms. The van der Waals surface area contributed by atoms with Crippen molar-refractivity contribution in [2.45, 2.75) is 18.9 Å². The van der Waals surface area contributed by atoms with Gasteiger partial charge in [0, 0.05) is 12.1 Å². The molecule has 2 rings (SSSR count). The first-order valence-electron chi connectivity index (χ1n) is 6.14. The molecule has 1 N–H and O–H groups in total. The number of ether oxygens (including phenoxy) is 2. The van der Waals surface area contributed by atoms with E-state index in [0.717, 1.165) is 19.4 Å². The molecule has 0 spiro atoms. The molecule has 1 aromatic heterocycles. The van der Waals surface area contributed by atoms with Crippen LogP contribution in [0.4, 0.5) is 5.69 Å². The Labute approximate surface area is 111 Å². The van der Waals surface area contributed by atoms with Crippen LogP contribution in [0.15, 0.2) is 12.1 Å². The maximum absolute atomic E-state index is 10.9. The highest BCUT2D eigenvalue weighted by Crippen LogP contribution is 2.34. The summed E-state index contributed by atoms with van der Waals surface area (Å²) in [6.07, 6.45) is 1.77. The van der Waals surface area contributed by atoms with Crippen LogP contribution in [0, 0.1) is 16.0 Å². The van der Waals surface area contributed by atoms with Crippen molar-refractivity contribution >= 4 is 5.69 Å². The summed E-state index contributed by atoms with van der Waals surface area (Å²) in [7, 11) is 3.37. The van der Waals surface area contributed by atoms with Gasteiger partial charge in [-0.15, -0.1) is 0 Å². The number of methoxy groups -OCH3 is 1. The van der Waals surface area contributed by atoms with Gasteiger partial charge in [0.15, 0.2) is 0 Å². The van der Waals surface area contributed by atoms with E-state index >= 15 is 0 Å². The van der Waals surface area contributed by atoms with Gasteiger partial charge in [0.2, 0.25) is 5.88 Å². The second kappa shape index (κ2) is 5.83. The highest BCUT2D eigenvalue weighted by Gasteiger charge is 2.32. The Hall–Kier alpha value is -1.89. The fourth-order valence-electron chi connectivity index (χ4n) is 2.14. The Kier molecular flexibility index (Phi) is 4.16. The minimum absolute atomic E-state index is 0.00310. The molecule has 7 nitrogen and oxygen atoms in total. The first kappa shape index (κ1) is 13.5. The van der Waals surface area contributed by atoms with Crippen LogP contribution in [-0.2, 0) is 0 Å². The molecule has 0 saturated heterocycles. The molecule has 0 radical (unpaired) electrons. The fraction of sp³-hybridized carbons (Fsp3) is 0.583. The van der Waals surface area contributed by atoms with E-state index in [1.165, 1.54) is 19.2 Å². The van der Waals surface area contributed by atoms with Crippen LogP contribution >= 0.6 is 0 Å². The minimum atomic E-state index is -0.495. The first-order chi connectivity index (χ1) is 9.13. The topological polar surface area (TPSA) is 86.5 Å². The molecule has 0 atom stereocenters. The number of rotatable bonds is 6. The van der Waals surface area contributed by atoms with Gasteiger partial charge in [-0.05, 0) is 32.4 Å². The molecule has 1 fully saturated rings. The first-order valence-corrected chi connectivity index (χ1v) is 6.14. The molecule has 1 aliphatic carbocycles. The Balaban J connectivity index is 2.04. The summed E-state index contributed by atoms with van der Waals surface area (Å²) in [6, 6.07) is 2.81. The lowest BCUT2D eigenvalue weighted by Gasteiger charge is -2.34. The molecule has 1 aliphatic rings.